The Morgan fingerprint density at radius 3 is 2.41 bits per heavy atom. The first kappa shape index (κ1) is 30.1. The van der Waals surface area contributed by atoms with Crippen LogP contribution in [0.3, 0.4) is 0 Å². The maximum absolute atomic E-state index is 13.1. The highest BCUT2D eigenvalue weighted by atomic mass is 32.2. The van der Waals surface area contributed by atoms with E-state index >= 15 is 0 Å². The van der Waals surface area contributed by atoms with Crippen LogP contribution in [0.2, 0.25) is 0 Å². The summed E-state index contributed by atoms with van der Waals surface area (Å²) >= 11 is 1.33. The Balaban J connectivity index is 1.49. The van der Waals surface area contributed by atoms with Crippen LogP contribution in [0.25, 0.3) is 0 Å². The third-order valence-corrected chi connectivity index (χ3v) is 9.21. The van der Waals surface area contributed by atoms with Crippen molar-refractivity contribution in [3.05, 3.63) is 69.6 Å². The van der Waals surface area contributed by atoms with Crippen LogP contribution in [-0.2, 0) is 37.1 Å². The minimum absolute atomic E-state index is 0.000978. The number of ether oxygens (including phenoxy) is 3. The van der Waals surface area contributed by atoms with Gasteiger partial charge in [-0.25, -0.2) is 18.0 Å². The van der Waals surface area contributed by atoms with Gasteiger partial charge in [0.2, 0.25) is 0 Å². The molecule has 10 nitrogen and oxygen atoms in total. The molecule has 218 valence electrons. The van der Waals surface area contributed by atoms with E-state index in [1.165, 1.54) is 43.6 Å². The molecule has 0 spiro atoms. The number of rotatable bonds is 10. The number of hydrogen-bond donors (Lipinski definition) is 2. The van der Waals surface area contributed by atoms with Crippen molar-refractivity contribution in [2.75, 3.05) is 23.8 Å². The summed E-state index contributed by atoms with van der Waals surface area (Å²) in [5, 5.41) is 3.11. The lowest BCUT2D eigenvalue weighted by molar-refractivity contribution is -0.123. The molecule has 1 heterocycles. The second kappa shape index (κ2) is 12.7. The van der Waals surface area contributed by atoms with Crippen LogP contribution in [0.4, 0.5) is 10.7 Å². The van der Waals surface area contributed by atoms with Gasteiger partial charge < -0.3 is 19.5 Å². The van der Waals surface area contributed by atoms with Crippen LogP contribution in [0.1, 0.15) is 63.4 Å². The zero-order valence-electron chi connectivity index (χ0n) is 23.2. The van der Waals surface area contributed by atoms with E-state index in [-0.39, 0.29) is 17.1 Å². The monoisotopic (exact) mass is 600 g/mol. The molecule has 41 heavy (non-hydrogen) atoms. The fraction of sp³-hybridized carbons (Fsp3) is 0.345. The van der Waals surface area contributed by atoms with Gasteiger partial charge in [0, 0.05) is 10.6 Å². The van der Waals surface area contributed by atoms with Gasteiger partial charge in [0.05, 0.1) is 29.7 Å². The van der Waals surface area contributed by atoms with E-state index in [1.54, 1.807) is 38.1 Å². The Bertz CT molecular complexity index is 1560. The average molecular weight is 601 g/mol. The van der Waals surface area contributed by atoms with Gasteiger partial charge in [-0.15, -0.1) is 11.3 Å². The third kappa shape index (κ3) is 6.88. The number of hydrogen-bond acceptors (Lipinski definition) is 9. The maximum Gasteiger partial charge on any atom is 0.341 e. The Morgan fingerprint density at radius 2 is 1.73 bits per heavy atom. The van der Waals surface area contributed by atoms with Gasteiger partial charge in [0.25, 0.3) is 15.9 Å². The summed E-state index contributed by atoms with van der Waals surface area (Å²) in [6.45, 7) is 4.96. The van der Waals surface area contributed by atoms with E-state index in [9.17, 15) is 22.8 Å². The topological polar surface area (TPSA) is 137 Å². The van der Waals surface area contributed by atoms with Crippen LogP contribution in [-0.4, -0.2) is 46.1 Å². The summed E-state index contributed by atoms with van der Waals surface area (Å²) in [5.41, 5.74) is 2.05. The predicted molar refractivity (Wildman–Crippen MR) is 155 cm³/mol. The fourth-order valence-corrected chi connectivity index (χ4v) is 6.79. The van der Waals surface area contributed by atoms with Crippen molar-refractivity contribution in [1.29, 1.82) is 0 Å². The van der Waals surface area contributed by atoms with E-state index in [0.717, 1.165) is 36.1 Å². The van der Waals surface area contributed by atoms with Crippen LogP contribution in [0.15, 0.2) is 47.4 Å². The van der Waals surface area contributed by atoms with Gasteiger partial charge >= 0.3 is 11.9 Å². The molecule has 1 aliphatic carbocycles. The lowest BCUT2D eigenvalue weighted by Gasteiger charge is -2.16. The Hall–Kier alpha value is -3.90. The molecule has 2 aromatic carbocycles. The number of anilines is 2. The van der Waals surface area contributed by atoms with Gasteiger partial charge in [-0.1, -0.05) is 6.07 Å². The molecule has 1 amide bonds. The van der Waals surface area contributed by atoms with E-state index in [1.807, 2.05) is 0 Å². The summed E-state index contributed by atoms with van der Waals surface area (Å²) in [7, 11) is -2.52. The molecule has 4 rings (SSSR count). The molecule has 0 saturated heterocycles. The molecule has 1 atom stereocenters. The van der Waals surface area contributed by atoms with Gasteiger partial charge in [0.15, 0.2) is 6.10 Å². The van der Waals surface area contributed by atoms with Crippen LogP contribution in [0, 0.1) is 6.92 Å². The summed E-state index contributed by atoms with van der Waals surface area (Å²) < 4.78 is 44.2. The summed E-state index contributed by atoms with van der Waals surface area (Å²) in [5.74, 6) is -1.40. The number of carbonyl (C=O) groups excluding carboxylic acids is 3. The fourth-order valence-electron chi connectivity index (χ4n) is 4.43. The number of fused-ring (bicyclic) bond motifs is 1. The zero-order chi connectivity index (χ0) is 29.7. The maximum atomic E-state index is 13.1. The molecular formula is C29H32N2O8S2. The molecule has 0 fully saturated rings. The quantitative estimate of drug-likeness (QED) is 0.307. The highest BCUT2D eigenvalue weighted by Crippen LogP contribution is 2.38. The van der Waals surface area contributed by atoms with Crippen molar-refractivity contribution >= 4 is 49.9 Å². The third-order valence-electron chi connectivity index (χ3n) is 6.62. The average Bonchev–Trinajstić information content (AvgIpc) is 3.31. The highest BCUT2D eigenvalue weighted by molar-refractivity contribution is 7.92. The molecule has 12 heteroatoms. The number of carbonyl (C=O) groups is 3. The molecule has 3 aromatic rings. The molecule has 0 radical (unpaired) electrons. The van der Waals surface area contributed by atoms with Crippen LogP contribution >= 0.6 is 11.3 Å². The van der Waals surface area contributed by atoms with Gasteiger partial charge in [-0.2, -0.15) is 0 Å². The van der Waals surface area contributed by atoms with Crippen molar-refractivity contribution in [2.24, 2.45) is 0 Å². The Kier molecular flexibility index (Phi) is 9.34. The molecule has 0 aliphatic heterocycles. The van der Waals surface area contributed by atoms with Gasteiger partial charge in [-0.3, -0.25) is 9.52 Å². The first-order valence-corrected chi connectivity index (χ1v) is 15.4. The van der Waals surface area contributed by atoms with Crippen molar-refractivity contribution in [3.8, 4) is 5.75 Å². The summed E-state index contributed by atoms with van der Waals surface area (Å²) in [4.78, 5) is 39.7. The highest BCUT2D eigenvalue weighted by Gasteiger charge is 2.29. The van der Waals surface area contributed by atoms with Crippen LogP contribution < -0.4 is 14.8 Å². The number of esters is 2. The number of nitrogens with one attached hydrogen (secondary N) is 2. The van der Waals surface area contributed by atoms with Crippen molar-refractivity contribution in [1.82, 2.24) is 0 Å². The second-order valence-electron chi connectivity index (χ2n) is 9.48. The summed E-state index contributed by atoms with van der Waals surface area (Å²) in [6.07, 6.45) is 2.27. The number of amides is 1. The second-order valence-corrected chi connectivity index (χ2v) is 12.3. The largest absolute Gasteiger partial charge is 0.497 e. The van der Waals surface area contributed by atoms with Gasteiger partial charge in [-0.05, 0) is 94.0 Å². The smallest absolute Gasteiger partial charge is 0.341 e. The van der Waals surface area contributed by atoms with Gasteiger partial charge in [0.1, 0.15) is 10.8 Å². The molecule has 2 N–H and O–H groups in total. The standard InChI is InChI=1S/C29H32N2O8S2/c1-5-38-29(34)25-22-8-6-7-9-24(22)40-27(25)30-26(32)18(3)39-28(33)23-16-21(15-10-17(23)2)41(35,36)31-19-11-13-20(37-4)14-12-19/h10-16,18,31H,5-9H2,1-4H3,(H,30,32)/t18-/m0/s1. The molecule has 0 bridgehead atoms. The van der Waals surface area contributed by atoms with Crippen molar-refractivity contribution in [3.63, 3.8) is 0 Å². The Labute approximate surface area is 243 Å². The first-order valence-electron chi connectivity index (χ1n) is 13.1. The number of benzene rings is 2. The van der Waals surface area contributed by atoms with Crippen molar-refractivity contribution < 1.29 is 37.0 Å². The van der Waals surface area contributed by atoms with E-state index in [4.69, 9.17) is 14.2 Å². The molecular weight excluding hydrogens is 568 g/mol. The molecule has 1 aromatic heterocycles. The SMILES string of the molecule is CCOC(=O)c1c(NC(=O)[C@H](C)OC(=O)c2cc(S(=O)(=O)Nc3ccc(OC)cc3)ccc2C)sc2c1CCCC2. The number of methoxy groups -OCH3 is 1. The van der Waals surface area contributed by atoms with E-state index in [2.05, 4.69) is 10.0 Å². The minimum atomic E-state index is -4.03. The normalized spacial score (nSPS) is 13.5. The minimum Gasteiger partial charge on any atom is -0.497 e. The zero-order valence-corrected chi connectivity index (χ0v) is 24.9. The van der Waals surface area contributed by atoms with Crippen LogP contribution in [0.5, 0.6) is 5.75 Å². The lowest BCUT2D eigenvalue weighted by atomic mass is 9.95. The number of sulfonamides is 1. The van der Waals surface area contributed by atoms with E-state index in [0.29, 0.717) is 27.6 Å². The lowest BCUT2D eigenvalue weighted by Crippen LogP contribution is -2.30. The number of thiophene rings is 1. The Morgan fingerprint density at radius 1 is 1.02 bits per heavy atom. The number of aryl methyl sites for hydroxylation is 2. The van der Waals surface area contributed by atoms with Crippen molar-refractivity contribution in [2.45, 2.75) is 57.5 Å². The summed E-state index contributed by atoms with van der Waals surface area (Å²) in [6, 6.07) is 10.4. The predicted octanol–water partition coefficient (Wildman–Crippen LogP) is 5.11. The molecule has 0 unspecified atom stereocenters. The molecule has 0 saturated carbocycles. The molecule has 1 aliphatic rings. The first-order chi connectivity index (χ1) is 19.5. The van der Waals surface area contributed by atoms with E-state index < -0.39 is 34.0 Å².